The number of carbonyl (C=O) groups excluding carboxylic acids is 2. The minimum atomic E-state index is -0.111. The molecule has 86 valence electrons. The second kappa shape index (κ2) is 6.43. The van der Waals surface area contributed by atoms with Crippen molar-refractivity contribution in [3.8, 4) is 0 Å². The van der Waals surface area contributed by atoms with Crippen molar-refractivity contribution >= 4 is 11.8 Å². The van der Waals surface area contributed by atoms with Gasteiger partial charge < -0.3 is 10.6 Å². The van der Waals surface area contributed by atoms with Gasteiger partial charge in [-0.3, -0.25) is 9.59 Å². The molecule has 1 rings (SSSR count). The van der Waals surface area contributed by atoms with Crippen LogP contribution in [0.15, 0.2) is 0 Å². The molecular formula is C11H20N2O2. The Hall–Kier alpha value is -1.06. The van der Waals surface area contributed by atoms with Crippen LogP contribution in [-0.2, 0) is 9.59 Å². The number of amides is 2. The molecule has 0 aromatic heterocycles. The molecule has 15 heavy (non-hydrogen) atoms. The van der Waals surface area contributed by atoms with E-state index in [-0.39, 0.29) is 17.7 Å². The van der Waals surface area contributed by atoms with Crippen molar-refractivity contribution in [2.45, 2.75) is 39.0 Å². The van der Waals surface area contributed by atoms with Crippen LogP contribution in [-0.4, -0.2) is 24.9 Å². The van der Waals surface area contributed by atoms with Crippen molar-refractivity contribution < 1.29 is 9.59 Å². The van der Waals surface area contributed by atoms with Crippen molar-refractivity contribution in [2.24, 2.45) is 5.92 Å². The molecule has 0 aromatic carbocycles. The number of nitrogens with one attached hydrogen (secondary N) is 2. The molecule has 0 aliphatic carbocycles. The SMILES string of the molecule is CCCCCNC(=O)C1CCNC(=O)C1. The highest BCUT2D eigenvalue weighted by Crippen LogP contribution is 2.12. The lowest BCUT2D eigenvalue weighted by Gasteiger charge is -2.21. The van der Waals surface area contributed by atoms with Gasteiger partial charge in [0.15, 0.2) is 0 Å². The van der Waals surface area contributed by atoms with E-state index in [0.29, 0.717) is 13.0 Å². The topological polar surface area (TPSA) is 58.2 Å². The van der Waals surface area contributed by atoms with Gasteiger partial charge in [0.25, 0.3) is 0 Å². The Bertz CT molecular complexity index is 229. The smallest absolute Gasteiger partial charge is 0.223 e. The summed E-state index contributed by atoms with van der Waals surface area (Å²) < 4.78 is 0. The summed E-state index contributed by atoms with van der Waals surface area (Å²) >= 11 is 0. The molecule has 1 atom stereocenters. The normalized spacial score (nSPS) is 20.9. The molecule has 2 N–H and O–H groups in total. The molecule has 1 aliphatic heterocycles. The number of carbonyl (C=O) groups is 2. The van der Waals surface area contributed by atoms with Crippen molar-refractivity contribution in [1.29, 1.82) is 0 Å². The Morgan fingerprint density at radius 3 is 3.00 bits per heavy atom. The monoisotopic (exact) mass is 212 g/mol. The molecule has 0 aromatic rings. The highest BCUT2D eigenvalue weighted by atomic mass is 16.2. The third-order valence-electron chi connectivity index (χ3n) is 2.70. The standard InChI is InChI=1S/C11H20N2O2/c1-2-3-4-6-13-11(15)9-5-7-12-10(14)8-9/h9H,2-8H2,1H3,(H,12,14)(H,13,15). The van der Waals surface area contributed by atoms with Crippen LogP contribution in [0.2, 0.25) is 0 Å². The summed E-state index contributed by atoms with van der Waals surface area (Å²) in [5.74, 6) is -0.0729. The average molecular weight is 212 g/mol. The fourth-order valence-electron chi connectivity index (χ4n) is 1.74. The molecule has 1 unspecified atom stereocenters. The van der Waals surface area contributed by atoms with Crippen LogP contribution in [0.4, 0.5) is 0 Å². The molecule has 1 heterocycles. The van der Waals surface area contributed by atoms with E-state index < -0.39 is 0 Å². The Labute approximate surface area is 90.8 Å². The van der Waals surface area contributed by atoms with Gasteiger partial charge in [0, 0.05) is 25.4 Å². The third kappa shape index (κ3) is 4.32. The highest BCUT2D eigenvalue weighted by molar-refractivity contribution is 5.86. The van der Waals surface area contributed by atoms with Crippen LogP contribution in [0.1, 0.15) is 39.0 Å². The minimum absolute atomic E-state index is 0.00467. The fraction of sp³-hybridized carbons (Fsp3) is 0.818. The molecule has 1 saturated heterocycles. The van der Waals surface area contributed by atoms with Gasteiger partial charge in [-0.1, -0.05) is 19.8 Å². The van der Waals surface area contributed by atoms with Crippen LogP contribution >= 0.6 is 0 Å². The average Bonchev–Trinajstić information content (AvgIpc) is 2.24. The Balaban J connectivity index is 2.18. The zero-order valence-electron chi connectivity index (χ0n) is 9.34. The molecule has 4 heteroatoms. The van der Waals surface area contributed by atoms with Gasteiger partial charge in [0.05, 0.1) is 0 Å². The number of hydrogen-bond acceptors (Lipinski definition) is 2. The van der Waals surface area contributed by atoms with E-state index in [1.807, 2.05) is 0 Å². The summed E-state index contributed by atoms with van der Waals surface area (Å²) in [6.45, 7) is 3.50. The predicted molar refractivity (Wildman–Crippen MR) is 58.3 cm³/mol. The lowest BCUT2D eigenvalue weighted by atomic mass is 9.97. The van der Waals surface area contributed by atoms with Crippen molar-refractivity contribution in [1.82, 2.24) is 10.6 Å². The first kappa shape index (κ1) is 12.0. The quantitative estimate of drug-likeness (QED) is 0.663. The summed E-state index contributed by atoms with van der Waals surface area (Å²) in [6.07, 6.45) is 4.44. The Kier molecular flexibility index (Phi) is 5.15. The largest absolute Gasteiger partial charge is 0.356 e. The molecule has 0 radical (unpaired) electrons. The van der Waals surface area contributed by atoms with E-state index in [1.54, 1.807) is 0 Å². The molecule has 2 amide bonds. The van der Waals surface area contributed by atoms with Crippen LogP contribution < -0.4 is 10.6 Å². The Morgan fingerprint density at radius 1 is 1.53 bits per heavy atom. The van der Waals surface area contributed by atoms with E-state index >= 15 is 0 Å². The maximum absolute atomic E-state index is 11.6. The molecule has 0 bridgehead atoms. The summed E-state index contributed by atoms with van der Waals surface area (Å²) in [5, 5.41) is 5.61. The first-order chi connectivity index (χ1) is 7.24. The molecule has 1 fully saturated rings. The summed E-state index contributed by atoms with van der Waals surface area (Å²) in [4.78, 5) is 22.7. The van der Waals surface area contributed by atoms with E-state index in [2.05, 4.69) is 17.6 Å². The van der Waals surface area contributed by atoms with Crippen LogP contribution in [0.25, 0.3) is 0 Å². The summed E-state index contributed by atoms with van der Waals surface area (Å²) in [7, 11) is 0. The minimum Gasteiger partial charge on any atom is -0.356 e. The van der Waals surface area contributed by atoms with Crippen molar-refractivity contribution in [2.75, 3.05) is 13.1 Å². The van der Waals surface area contributed by atoms with Gasteiger partial charge in [0.1, 0.15) is 0 Å². The fourth-order valence-corrected chi connectivity index (χ4v) is 1.74. The lowest BCUT2D eigenvalue weighted by molar-refractivity contribution is -0.132. The van der Waals surface area contributed by atoms with E-state index in [1.165, 1.54) is 0 Å². The lowest BCUT2D eigenvalue weighted by Crippen LogP contribution is -2.41. The van der Waals surface area contributed by atoms with Gasteiger partial charge in [0.2, 0.25) is 11.8 Å². The third-order valence-corrected chi connectivity index (χ3v) is 2.70. The van der Waals surface area contributed by atoms with Gasteiger partial charge >= 0.3 is 0 Å². The molecule has 1 aliphatic rings. The second-order valence-corrected chi connectivity index (χ2v) is 4.04. The summed E-state index contributed by atoms with van der Waals surface area (Å²) in [6, 6.07) is 0. The maximum Gasteiger partial charge on any atom is 0.223 e. The predicted octanol–water partition coefficient (Wildman–Crippen LogP) is 0.819. The second-order valence-electron chi connectivity index (χ2n) is 4.04. The van der Waals surface area contributed by atoms with E-state index in [9.17, 15) is 9.59 Å². The highest BCUT2D eigenvalue weighted by Gasteiger charge is 2.24. The van der Waals surface area contributed by atoms with Crippen LogP contribution in [0, 0.1) is 5.92 Å². The van der Waals surface area contributed by atoms with Crippen molar-refractivity contribution in [3.63, 3.8) is 0 Å². The number of piperidine rings is 1. The van der Waals surface area contributed by atoms with Crippen LogP contribution in [0.5, 0.6) is 0 Å². The van der Waals surface area contributed by atoms with Gasteiger partial charge in [-0.15, -0.1) is 0 Å². The first-order valence-electron chi connectivity index (χ1n) is 5.78. The summed E-state index contributed by atoms with van der Waals surface area (Å²) in [5.41, 5.74) is 0. The van der Waals surface area contributed by atoms with E-state index in [4.69, 9.17) is 0 Å². The van der Waals surface area contributed by atoms with Gasteiger partial charge in [-0.05, 0) is 12.8 Å². The number of rotatable bonds is 5. The zero-order valence-corrected chi connectivity index (χ0v) is 9.34. The molecule has 0 saturated carbocycles. The number of unbranched alkanes of at least 4 members (excludes halogenated alkanes) is 2. The van der Waals surface area contributed by atoms with Crippen LogP contribution in [0.3, 0.4) is 0 Å². The molecule has 4 nitrogen and oxygen atoms in total. The van der Waals surface area contributed by atoms with Crippen molar-refractivity contribution in [3.05, 3.63) is 0 Å². The maximum atomic E-state index is 11.6. The first-order valence-corrected chi connectivity index (χ1v) is 5.78. The van der Waals surface area contributed by atoms with E-state index in [0.717, 1.165) is 32.2 Å². The molecular weight excluding hydrogens is 192 g/mol. The zero-order chi connectivity index (χ0) is 11.1. The molecule has 0 spiro atoms. The number of hydrogen-bond donors (Lipinski definition) is 2. The van der Waals surface area contributed by atoms with Gasteiger partial charge in [-0.25, -0.2) is 0 Å². The Morgan fingerprint density at radius 2 is 2.33 bits per heavy atom. The van der Waals surface area contributed by atoms with Gasteiger partial charge in [-0.2, -0.15) is 0 Å².